The number of amides is 1. The van der Waals surface area contributed by atoms with E-state index >= 15 is 0 Å². The Hall–Kier alpha value is -2.36. The van der Waals surface area contributed by atoms with E-state index in [1.807, 2.05) is 25.1 Å². The van der Waals surface area contributed by atoms with Gasteiger partial charge in [0.15, 0.2) is 5.43 Å². The molecular formula is C16H18N2O2. The fraction of sp³-hybridized carbons (Fsp3) is 0.250. The van der Waals surface area contributed by atoms with Gasteiger partial charge in [-0.15, -0.1) is 0 Å². The average molecular weight is 270 g/mol. The highest BCUT2D eigenvalue weighted by atomic mass is 16.2. The molecule has 0 aliphatic rings. The number of hydrogen-bond donors (Lipinski definition) is 2. The number of aromatic nitrogens is 1. The molecule has 4 heteroatoms. The minimum absolute atomic E-state index is 0.0160. The first-order valence-corrected chi connectivity index (χ1v) is 6.68. The highest BCUT2D eigenvalue weighted by Gasteiger charge is 2.12. The van der Waals surface area contributed by atoms with Crippen molar-refractivity contribution in [1.29, 1.82) is 0 Å². The van der Waals surface area contributed by atoms with Crippen LogP contribution < -0.4 is 10.7 Å². The lowest BCUT2D eigenvalue weighted by atomic mass is 10.1. The van der Waals surface area contributed by atoms with Crippen LogP contribution >= 0.6 is 0 Å². The van der Waals surface area contributed by atoms with Gasteiger partial charge < -0.3 is 10.3 Å². The van der Waals surface area contributed by atoms with Crippen LogP contribution in [0.2, 0.25) is 0 Å². The first-order valence-electron chi connectivity index (χ1n) is 6.68. The van der Waals surface area contributed by atoms with Gasteiger partial charge in [-0.1, -0.05) is 30.3 Å². The first kappa shape index (κ1) is 14.1. The number of nitrogens with one attached hydrogen (secondary N) is 2. The van der Waals surface area contributed by atoms with Crippen LogP contribution in [0.3, 0.4) is 0 Å². The van der Waals surface area contributed by atoms with Gasteiger partial charge in [-0.2, -0.15) is 0 Å². The van der Waals surface area contributed by atoms with Crippen LogP contribution in [-0.2, 0) is 6.42 Å². The molecule has 20 heavy (non-hydrogen) atoms. The summed E-state index contributed by atoms with van der Waals surface area (Å²) < 4.78 is 0. The van der Waals surface area contributed by atoms with E-state index in [0.717, 1.165) is 12.8 Å². The molecule has 2 aromatic rings. The predicted octanol–water partition coefficient (Wildman–Crippen LogP) is 2.13. The number of pyridine rings is 1. The minimum atomic E-state index is -0.326. The van der Waals surface area contributed by atoms with Gasteiger partial charge in [0.2, 0.25) is 0 Å². The zero-order chi connectivity index (χ0) is 14.4. The molecule has 0 fully saturated rings. The van der Waals surface area contributed by atoms with E-state index in [1.54, 1.807) is 0 Å². The molecule has 0 saturated carbocycles. The molecule has 0 spiro atoms. The number of carbonyl (C=O) groups excluding carboxylic acids is 1. The lowest BCUT2D eigenvalue weighted by Crippen LogP contribution is -2.35. The molecule has 0 saturated heterocycles. The predicted molar refractivity (Wildman–Crippen MR) is 78.8 cm³/mol. The van der Waals surface area contributed by atoms with Crippen molar-refractivity contribution in [3.05, 3.63) is 70.1 Å². The Morgan fingerprint density at radius 3 is 2.70 bits per heavy atom. The highest BCUT2D eigenvalue weighted by Crippen LogP contribution is 2.05. The van der Waals surface area contributed by atoms with Gasteiger partial charge in [0.1, 0.15) is 5.56 Å². The van der Waals surface area contributed by atoms with E-state index in [9.17, 15) is 9.59 Å². The summed E-state index contributed by atoms with van der Waals surface area (Å²) in [5.74, 6) is -0.326. The smallest absolute Gasteiger partial charge is 0.256 e. The average Bonchev–Trinajstić information content (AvgIpc) is 2.46. The molecule has 0 bridgehead atoms. The molecule has 104 valence electrons. The normalized spacial score (nSPS) is 11.8. The summed E-state index contributed by atoms with van der Waals surface area (Å²) in [6.45, 7) is 1.94. The Balaban J connectivity index is 1.89. The lowest BCUT2D eigenvalue weighted by molar-refractivity contribution is 0.0937. The monoisotopic (exact) mass is 270 g/mol. The fourth-order valence-corrected chi connectivity index (χ4v) is 2.00. The summed E-state index contributed by atoms with van der Waals surface area (Å²) in [5.41, 5.74) is 1.13. The van der Waals surface area contributed by atoms with E-state index in [2.05, 4.69) is 22.4 Å². The van der Waals surface area contributed by atoms with Crippen molar-refractivity contribution in [2.75, 3.05) is 0 Å². The molecule has 0 aliphatic heterocycles. The van der Waals surface area contributed by atoms with Crippen LogP contribution in [0, 0.1) is 0 Å². The molecule has 2 rings (SSSR count). The molecule has 1 heterocycles. The van der Waals surface area contributed by atoms with Crippen LogP contribution in [0.4, 0.5) is 0 Å². The van der Waals surface area contributed by atoms with Gasteiger partial charge in [-0.3, -0.25) is 9.59 Å². The van der Waals surface area contributed by atoms with Crippen molar-refractivity contribution < 1.29 is 4.79 Å². The first-order chi connectivity index (χ1) is 9.66. The number of rotatable bonds is 5. The van der Waals surface area contributed by atoms with Crippen molar-refractivity contribution in [2.24, 2.45) is 0 Å². The van der Waals surface area contributed by atoms with E-state index in [4.69, 9.17) is 0 Å². The molecule has 0 aliphatic carbocycles. The second-order valence-electron chi connectivity index (χ2n) is 4.82. The van der Waals surface area contributed by atoms with Gasteiger partial charge in [0.25, 0.3) is 5.91 Å². The third-order valence-corrected chi connectivity index (χ3v) is 3.16. The number of aromatic amines is 1. The summed E-state index contributed by atoms with van der Waals surface area (Å²) in [5, 5.41) is 2.85. The SMILES string of the molecule is CC(CCc1ccccc1)NC(=O)c1c[nH]ccc1=O. The minimum Gasteiger partial charge on any atom is -0.367 e. The Bertz CT molecular complexity index is 620. The van der Waals surface area contributed by atoms with Crippen LogP contribution in [0.15, 0.2) is 53.6 Å². The summed E-state index contributed by atoms with van der Waals surface area (Å²) in [7, 11) is 0. The molecular weight excluding hydrogens is 252 g/mol. The maximum absolute atomic E-state index is 12.0. The lowest BCUT2D eigenvalue weighted by Gasteiger charge is -2.13. The largest absolute Gasteiger partial charge is 0.367 e. The maximum atomic E-state index is 12.0. The van der Waals surface area contributed by atoms with Crippen molar-refractivity contribution in [3.63, 3.8) is 0 Å². The van der Waals surface area contributed by atoms with Gasteiger partial charge in [0, 0.05) is 24.5 Å². The van der Waals surface area contributed by atoms with Crippen molar-refractivity contribution in [3.8, 4) is 0 Å². The molecule has 4 nitrogen and oxygen atoms in total. The molecule has 1 aromatic carbocycles. The second-order valence-corrected chi connectivity index (χ2v) is 4.82. The van der Waals surface area contributed by atoms with Gasteiger partial charge >= 0.3 is 0 Å². The van der Waals surface area contributed by atoms with Crippen LogP contribution in [-0.4, -0.2) is 16.9 Å². The van der Waals surface area contributed by atoms with E-state index in [0.29, 0.717) is 0 Å². The second kappa shape index (κ2) is 6.70. The maximum Gasteiger partial charge on any atom is 0.256 e. The van der Waals surface area contributed by atoms with E-state index < -0.39 is 0 Å². The van der Waals surface area contributed by atoms with Gasteiger partial charge in [-0.25, -0.2) is 0 Å². The third-order valence-electron chi connectivity index (χ3n) is 3.16. The number of hydrogen-bond acceptors (Lipinski definition) is 2. The summed E-state index contributed by atoms with van der Waals surface area (Å²) in [4.78, 5) is 26.2. The summed E-state index contributed by atoms with van der Waals surface area (Å²) >= 11 is 0. The Kier molecular flexibility index (Phi) is 4.71. The van der Waals surface area contributed by atoms with E-state index in [1.165, 1.54) is 24.0 Å². The fourth-order valence-electron chi connectivity index (χ4n) is 2.00. The molecule has 1 unspecified atom stereocenters. The molecule has 2 N–H and O–H groups in total. The molecule has 1 aromatic heterocycles. The quantitative estimate of drug-likeness (QED) is 0.874. The number of H-pyrrole nitrogens is 1. The van der Waals surface area contributed by atoms with Crippen molar-refractivity contribution in [2.45, 2.75) is 25.8 Å². The summed E-state index contributed by atoms with van der Waals surface area (Å²) in [6, 6.07) is 11.5. The van der Waals surface area contributed by atoms with Crippen LogP contribution in [0.5, 0.6) is 0 Å². The van der Waals surface area contributed by atoms with E-state index in [-0.39, 0.29) is 22.9 Å². The van der Waals surface area contributed by atoms with Crippen molar-refractivity contribution in [1.82, 2.24) is 10.3 Å². The number of carbonyl (C=O) groups is 1. The molecule has 1 amide bonds. The zero-order valence-electron chi connectivity index (χ0n) is 11.4. The third kappa shape index (κ3) is 3.82. The Morgan fingerprint density at radius 1 is 1.25 bits per heavy atom. The standard InChI is InChI=1S/C16H18N2O2/c1-12(7-8-13-5-3-2-4-6-13)18-16(20)14-11-17-10-9-15(14)19/h2-6,9-12H,7-8H2,1H3,(H,17,19)(H,18,20). The zero-order valence-corrected chi connectivity index (χ0v) is 11.4. The number of benzene rings is 1. The van der Waals surface area contributed by atoms with Gasteiger partial charge in [-0.05, 0) is 25.3 Å². The van der Waals surface area contributed by atoms with Gasteiger partial charge in [0.05, 0.1) is 0 Å². The highest BCUT2D eigenvalue weighted by molar-refractivity contribution is 5.93. The topological polar surface area (TPSA) is 62.0 Å². The molecule has 1 atom stereocenters. The Labute approximate surface area is 117 Å². The van der Waals surface area contributed by atoms with Crippen molar-refractivity contribution >= 4 is 5.91 Å². The molecule has 0 radical (unpaired) electrons. The summed E-state index contributed by atoms with van der Waals surface area (Å²) in [6.07, 6.45) is 4.67. The van der Waals surface area contributed by atoms with Crippen LogP contribution in [0.1, 0.15) is 29.3 Å². The Morgan fingerprint density at radius 2 is 2.00 bits per heavy atom. The number of aryl methyl sites for hydroxylation is 1. The van der Waals surface area contributed by atoms with Crippen LogP contribution in [0.25, 0.3) is 0 Å².